The molecule has 146 heavy (non-hydrogen) atoms. The first-order chi connectivity index (χ1) is 69.7. The van der Waals surface area contributed by atoms with Crippen LogP contribution in [0.3, 0.4) is 0 Å². The summed E-state index contributed by atoms with van der Waals surface area (Å²) in [5.41, 5.74) is 29.9. The summed E-state index contributed by atoms with van der Waals surface area (Å²) in [5, 5.41) is 18.7. The molecule has 0 fully saturated rings. The molecular formula is C120H86N22Pt4-12. The smallest absolute Gasteiger partial charge is 0.124 e. The summed E-state index contributed by atoms with van der Waals surface area (Å²) < 4.78 is 12.8. The standard InChI is InChI=1S/2C30H23N6.2C30H20N5.4Pt/c1-20-16-21(2)36(32-20)24-9-6-8-23(17-24)35-27-11-5-4-10-25(27)26-14-13-22(18-29(26)35)34-19-33(3)28-12-7-15-31-30(28)34;1-20-16-21(2)36(32-20)24-13-14-26-25-10-4-5-11-27(25)35(29(26)18-24)23-9-6-8-22(17-23)34-19-33(3)28-12-7-15-31-30(28)34;1-33-20-34(30-28(33)13-7-17-32-30)22-8-6-9-23(19-22)35-27-12-3-2-10-24(27)25-15-14-21(18-29(25)35)26-11-4-5-16-31-26;1-33-20-34(30-28(33)13-7-17-32-30)22-14-15-25-24-10-2-3-12-27(24)35(29(25)19-22)23-9-6-8-21(18-23)26-11-4-5-16-31-26;;;;/h2*4-16,19H,1-3H3;2*2-17,20H,1H3;;;;/q4*-3;;;;. The maximum atomic E-state index is 4.68. The zero-order chi connectivity index (χ0) is 95.5. The molecular weight excluding hydrogens is 2530 g/mol. The van der Waals surface area contributed by atoms with Crippen molar-refractivity contribution in [2.24, 2.45) is 0 Å². The Morgan fingerprint density at radius 2 is 0.493 bits per heavy atom. The van der Waals surface area contributed by atoms with E-state index in [1.54, 1.807) is 0 Å². The zero-order valence-corrected chi connectivity index (χ0v) is 89.0. The third-order valence-electron chi connectivity index (χ3n) is 26.4. The van der Waals surface area contributed by atoms with Crippen LogP contribution >= 0.6 is 0 Å². The molecule has 0 unspecified atom stereocenters. The maximum Gasteiger partial charge on any atom is 0.124 e. The first-order valence-electron chi connectivity index (χ1n) is 46.8. The number of nitrogens with zero attached hydrogens (tertiary/aromatic N) is 22. The molecule has 4 aliphatic rings. The van der Waals surface area contributed by atoms with Crippen LogP contribution in [0.15, 0.2) is 353 Å². The van der Waals surface area contributed by atoms with E-state index in [1.165, 1.54) is 21.5 Å². The normalized spacial score (nSPS) is 12.8. The van der Waals surface area contributed by atoms with Crippen LogP contribution in [-0.4, -0.2) is 95.9 Å². The van der Waals surface area contributed by atoms with Crippen LogP contribution < -0.4 is 39.2 Å². The van der Waals surface area contributed by atoms with Gasteiger partial charge < -0.3 is 67.4 Å². The van der Waals surface area contributed by atoms with Gasteiger partial charge in [0.2, 0.25) is 0 Å². The van der Waals surface area contributed by atoms with E-state index in [0.29, 0.717) is 0 Å². The fraction of sp³-hybridized carbons (Fsp3) is 0.0667. The molecule has 0 saturated carbocycles. The zero-order valence-electron chi connectivity index (χ0n) is 79.9. The Labute approximate surface area is 902 Å². The van der Waals surface area contributed by atoms with Crippen LogP contribution in [0.4, 0.5) is 68.8 Å². The summed E-state index contributed by atoms with van der Waals surface area (Å²) in [6.45, 7) is 16.4. The van der Waals surface area contributed by atoms with Crippen molar-refractivity contribution in [1.29, 1.82) is 0 Å². The van der Waals surface area contributed by atoms with Gasteiger partial charge in [-0.1, -0.05) is 136 Å². The Morgan fingerprint density at radius 1 is 0.219 bits per heavy atom. The van der Waals surface area contributed by atoms with Crippen LogP contribution in [-0.2, 0) is 84.3 Å². The van der Waals surface area contributed by atoms with Gasteiger partial charge in [-0.2, -0.15) is 73.3 Å². The first kappa shape index (κ1) is 96.4. The van der Waals surface area contributed by atoms with Crippen LogP contribution in [0.5, 0.6) is 0 Å². The molecule has 22 nitrogen and oxygen atoms in total. The second kappa shape index (κ2) is 40.1. The van der Waals surface area contributed by atoms with E-state index >= 15 is 0 Å². The molecule has 12 aromatic heterocycles. The average Bonchev–Trinajstić information content (AvgIpc) is 1.59. The topological polar surface area (TPSA) is 159 Å². The Morgan fingerprint density at radius 3 is 0.842 bits per heavy atom. The van der Waals surface area contributed by atoms with Gasteiger partial charge in [-0.05, 0) is 208 Å². The molecule has 24 aromatic rings. The van der Waals surface area contributed by atoms with Crippen molar-refractivity contribution < 1.29 is 84.3 Å². The molecule has 4 aliphatic heterocycles. The second-order valence-corrected chi connectivity index (χ2v) is 35.5. The molecule has 0 spiro atoms. The molecule has 16 heterocycles. The van der Waals surface area contributed by atoms with Crippen molar-refractivity contribution in [1.82, 2.24) is 67.7 Å². The van der Waals surface area contributed by atoms with Crippen molar-refractivity contribution in [3.8, 4) is 56.6 Å². The molecule has 26 heteroatoms. The van der Waals surface area contributed by atoms with Crippen LogP contribution in [0.1, 0.15) is 22.8 Å². The summed E-state index contributed by atoms with van der Waals surface area (Å²) in [5.74, 6) is 3.59. The third-order valence-corrected chi connectivity index (χ3v) is 26.4. The Balaban J connectivity index is 0.000000113. The van der Waals surface area contributed by atoms with Crippen molar-refractivity contribution in [3.05, 3.63) is 451 Å². The number of pyridine rings is 6. The number of anilines is 12. The maximum absolute atomic E-state index is 4.68. The summed E-state index contributed by atoms with van der Waals surface area (Å²) in [6, 6.07) is 137. The van der Waals surface area contributed by atoms with Gasteiger partial charge in [0, 0.05) is 178 Å². The van der Waals surface area contributed by atoms with Crippen molar-refractivity contribution in [2.75, 3.05) is 67.4 Å². The minimum absolute atomic E-state index is 0. The first-order valence-corrected chi connectivity index (χ1v) is 46.8. The number of fused-ring (bicyclic) bond motifs is 16. The molecule has 0 radical (unpaired) electrons. The van der Waals surface area contributed by atoms with Gasteiger partial charge in [0.25, 0.3) is 0 Å². The largest absolute Gasteiger partial charge is 0.502 e. The SMILES string of the molecule is CN1[CH-]N(c2[c-]c(-n3c4[c-]c(-c5ccccn5)ccc4c4ccccc43)ccc2)c2ncccc21.CN1[CH-]N(c2[c-]c3c(cc2)c2ccccc2n3-c2[c-]c(-c3ccccn3)ccc2)c2ncccc21.Cc1cc(C)n(-c2[c-]c(-n3c4[c-]c(N5[CH-]N(C)c6cccnc65)ccc4c4ccccc43)ccc2)n1.Cc1cc(C)n(-c2[c-]c3c(cc2)c2ccccc2n3-c2[c-]c(N3[CH-]N(C)c4cccnc43)ccc2)n1.[Pt].[Pt].[Pt].[Pt]. The minimum Gasteiger partial charge on any atom is -0.502 e. The number of aromatic nitrogens is 14. The second-order valence-electron chi connectivity index (χ2n) is 35.5. The van der Waals surface area contributed by atoms with Crippen LogP contribution in [0.2, 0.25) is 0 Å². The molecule has 728 valence electrons. The number of hydrogen-bond donors (Lipinski definition) is 0. The predicted octanol–water partition coefficient (Wildman–Crippen LogP) is 25.7. The molecule has 28 rings (SSSR count). The van der Waals surface area contributed by atoms with Crippen molar-refractivity contribution in [2.45, 2.75) is 27.7 Å². The predicted molar refractivity (Wildman–Crippen MR) is 570 cm³/mol. The quantitative estimate of drug-likeness (QED) is 0.106. The van der Waals surface area contributed by atoms with Gasteiger partial charge in [0.15, 0.2) is 0 Å². The van der Waals surface area contributed by atoms with E-state index in [2.05, 4.69) is 416 Å². The number of hydrogen-bond acceptors (Lipinski definition) is 16. The third kappa shape index (κ3) is 17.1. The summed E-state index contributed by atoms with van der Waals surface area (Å²) in [7, 11) is 8.14. The van der Waals surface area contributed by atoms with Gasteiger partial charge in [-0.3, -0.25) is 9.36 Å². The Kier molecular flexibility index (Phi) is 26.5. The summed E-state index contributed by atoms with van der Waals surface area (Å²) in [4.78, 5) is 44.2. The molecule has 0 bridgehead atoms. The Bertz CT molecular complexity index is 9060. The monoisotopic (exact) mass is 2610 g/mol. The molecule has 0 aliphatic carbocycles. The minimum atomic E-state index is 0. The van der Waals surface area contributed by atoms with Crippen molar-refractivity contribution >= 4 is 156 Å². The summed E-state index contributed by atoms with van der Waals surface area (Å²) >= 11 is 0. The van der Waals surface area contributed by atoms with E-state index < -0.39 is 0 Å². The molecule has 0 saturated heterocycles. The molecule has 12 aromatic carbocycles. The molecule has 0 N–H and O–H groups in total. The molecule has 0 amide bonds. The number of aryl methyl sites for hydroxylation is 4. The Hall–Kier alpha value is -15.7. The van der Waals surface area contributed by atoms with E-state index in [4.69, 9.17) is 0 Å². The fourth-order valence-electron chi connectivity index (χ4n) is 20.0. The van der Waals surface area contributed by atoms with Gasteiger partial charge in [0.1, 0.15) is 23.3 Å². The van der Waals surface area contributed by atoms with E-state index in [0.717, 1.165) is 214 Å². The molecule has 0 atom stereocenters. The number of rotatable bonds is 12. The van der Waals surface area contributed by atoms with E-state index in [1.807, 2.05) is 175 Å². The van der Waals surface area contributed by atoms with Crippen LogP contribution in [0, 0.1) is 103 Å². The van der Waals surface area contributed by atoms with Gasteiger partial charge in [0.05, 0.1) is 11.4 Å². The fourth-order valence-corrected chi connectivity index (χ4v) is 20.0. The van der Waals surface area contributed by atoms with Gasteiger partial charge >= 0.3 is 0 Å². The number of benzene rings is 12. The number of para-hydroxylation sites is 4. The van der Waals surface area contributed by atoms with Crippen LogP contribution in [0.25, 0.3) is 144 Å². The van der Waals surface area contributed by atoms with Gasteiger partial charge in [-0.25, -0.2) is 19.9 Å². The average molecular weight is 2620 g/mol. The van der Waals surface area contributed by atoms with E-state index in [9.17, 15) is 0 Å². The summed E-state index contributed by atoms with van der Waals surface area (Å²) in [6.07, 6.45) is 10.9. The van der Waals surface area contributed by atoms with Gasteiger partial charge in [-0.15, -0.1) is 183 Å². The van der Waals surface area contributed by atoms with Crippen molar-refractivity contribution in [3.63, 3.8) is 0 Å². The van der Waals surface area contributed by atoms with E-state index in [-0.39, 0.29) is 84.3 Å².